The number of anilines is 2. The van der Waals surface area contributed by atoms with Crippen LogP contribution in [0.2, 0.25) is 0 Å². The molecule has 0 amide bonds. The van der Waals surface area contributed by atoms with Crippen LogP contribution in [0, 0.1) is 29.6 Å². The number of hydrogen-bond donors (Lipinski definition) is 2. The van der Waals surface area contributed by atoms with E-state index in [2.05, 4.69) is 15.3 Å². The first-order valence-electron chi connectivity index (χ1n) is 8.09. The molecule has 0 saturated heterocycles. The van der Waals surface area contributed by atoms with E-state index < -0.39 is 0 Å². The molecular formula is C16H24N4. The van der Waals surface area contributed by atoms with Gasteiger partial charge < -0.3 is 11.1 Å². The SMILES string of the molecule is Nc1cnc(NCCC2C3CC4CC(C3)CC2C4)nc1. The van der Waals surface area contributed by atoms with E-state index in [9.17, 15) is 0 Å². The summed E-state index contributed by atoms with van der Waals surface area (Å²) in [6.07, 6.45) is 12.2. The van der Waals surface area contributed by atoms with Gasteiger partial charge in [-0.2, -0.15) is 0 Å². The Bertz CT molecular complexity index is 442. The molecule has 0 atom stereocenters. The first kappa shape index (κ1) is 12.4. The van der Waals surface area contributed by atoms with E-state index in [1.165, 1.54) is 38.5 Å². The second-order valence-electron chi connectivity index (χ2n) is 7.15. The highest BCUT2D eigenvalue weighted by atomic mass is 15.1. The second-order valence-corrected chi connectivity index (χ2v) is 7.15. The Balaban J connectivity index is 1.32. The van der Waals surface area contributed by atoms with Gasteiger partial charge in [-0.05, 0) is 68.1 Å². The highest BCUT2D eigenvalue weighted by molar-refractivity contribution is 5.35. The molecule has 0 aromatic carbocycles. The predicted octanol–water partition coefficient (Wildman–Crippen LogP) is 2.93. The van der Waals surface area contributed by atoms with Gasteiger partial charge in [0, 0.05) is 6.54 Å². The Kier molecular flexibility index (Phi) is 3.04. The average Bonchev–Trinajstić information content (AvgIpc) is 2.43. The van der Waals surface area contributed by atoms with Crippen molar-refractivity contribution < 1.29 is 0 Å². The Labute approximate surface area is 120 Å². The van der Waals surface area contributed by atoms with E-state index in [-0.39, 0.29) is 0 Å². The van der Waals surface area contributed by atoms with E-state index in [1.807, 2.05) is 0 Å². The minimum Gasteiger partial charge on any atom is -0.396 e. The molecule has 1 aromatic heterocycles. The first-order valence-corrected chi connectivity index (χ1v) is 8.09. The highest BCUT2D eigenvalue weighted by Gasteiger charge is 2.47. The van der Waals surface area contributed by atoms with Crippen LogP contribution >= 0.6 is 0 Å². The van der Waals surface area contributed by atoms with Crippen LogP contribution in [-0.4, -0.2) is 16.5 Å². The maximum Gasteiger partial charge on any atom is 0.222 e. The molecule has 0 unspecified atom stereocenters. The minimum absolute atomic E-state index is 0.622. The summed E-state index contributed by atoms with van der Waals surface area (Å²) in [7, 11) is 0. The molecule has 0 aliphatic heterocycles. The lowest BCUT2D eigenvalue weighted by Crippen LogP contribution is -2.45. The second kappa shape index (κ2) is 4.90. The molecule has 108 valence electrons. The van der Waals surface area contributed by atoms with Crippen molar-refractivity contribution in [2.24, 2.45) is 29.6 Å². The number of nitrogen functional groups attached to an aromatic ring is 1. The van der Waals surface area contributed by atoms with Gasteiger partial charge in [-0.1, -0.05) is 0 Å². The first-order chi connectivity index (χ1) is 9.78. The summed E-state index contributed by atoms with van der Waals surface area (Å²) in [5.41, 5.74) is 6.22. The lowest BCUT2D eigenvalue weighted by atomic mass is 9.51. The molecule has 4 bridgehead atoms. The van der Waals surface area contributed by atoms with Crippen molar-refractivity contribution in [3.05, 3.63) is 12.4 Å². The molecule has 5 rings (SSSR count). The molecular weight excluding hydrogens is 248 g/mol. The van der Waals surface area contributed by atoms with Gasteiger partial charge in [-0.15, -0.1) is 0 Å². The molecule has 4 aliphatic carbocycles. The Hall–Kier alpha value is -1.32. The van der Waals surface area contributed by atoms with Gasteiger partial charge in [-0.25, -0.2) is 9.97 Å². The van der Waals surface area contributed by atoms with Gasteiger partial charge >= 0.3 is 0 Å². The number of nitrogens with one attached hydrogen (secondary N) is 1. The van der Waals surface area contributed by atoms with Crippen LogP contribution in [0.25, 0.3) is 0 Å². The zero-order chi connectivity index (χ0) is 13.5. The van der Waals surface area contributed by atoms with E-state index in [0.29, 0.717) is 11.6 Å². The number of aromatic nitrogens is 2. The molecule has 4 fully saturated rings. The number of nitrogens with two attached hydrogens (primary N) is 1. The molecule has 3 N–H and O–H groups in total. The lowest BCUT2D eigenvalue weighted by molar-refractivity contribution is -0.0381. The summed E-state index contributed by atoms with van der Waals surface area (Å²) >= 11 is 0. The summed E-state index contributed by atoms with van der Waals surface area (Å²) in [5.74, 6) is 5.83. The van der Waals surface area contributed by atoms with Crippen molar-refractivity contribution in [3.63, 3.8) is 0 Å². The van der Waals surface area contributed by atoms with Crippen molar-refractivity contribution >= 4 is 11.6 Å². The van der Waals surface area contributed by atoms with Gasteiger partial charge in [0.05, 0.1) is 18.1 Å². The standard InChI is InChI=1S/C16H24N4/c17-14-8-19-16(20-9-14)18-2-1-15-12-4-10-3-11(6-12)7-13(15)5-10/h8-13,15H,1-7,17H2,(H,18,19,20). The molecule has 4 saturated carbocycles. The van der Waals surface area contributed by atoms with Crippen LogP contribution < -0.4 is 11.1 Å². The van der Waals surface area contributed by atoms with Crippen LogP contribution in [0.3, 0.4) is 0 Å². The fraction of sp³-hybridized carbons (Fsp3) is 0.750. The van der Waals surface area contributed by atoms with Gasteiger partial charge in [0.25, 0.3) is 0 Å². The fourth-order valence-corrected chi connectivity index (χ4v) is 5.29. The largest absolute Gasteiger partial charge is 0.396 e. The smallest absolute Gasteiger partial charge is 0.222 e. The number of rotatable bonds is 4. The molecule has 0 radical (unpaired) electrons. The number of nitrogens with zero attached hydrogens (tertiary/aromatic N) is 2. The van der Waals surface area contributed by atoms with Crippen molar-refractivity contribution in [2.45, 2.75) is 38.5 Å². The summed E-state index contributed by atoms with van der Waals surface area (Å²) < 4.78 is 0. The minimum atomic E-state index is 0.622. The fourth-order valence-electron chi connectivity index (χ4n) is 5.29. The van der Waals surface area contributed by atoms with Gasteiger partial charge in [0.15, 0.2) is 0 Å². The van der Waals surface area contributed by atoms with Crippen LogP contribution in [0.15, 0.2) is 12.4 Å². The van der Waals surface area contributed by atoms with Gasteiger partial charge in [-0.3, -0.25) is 0 Å². The van der Waals surface area contributed by atoms with Crippen LogP contribution in [-0.2, 0) is 0 Å². The highest BCUT2D eigenvalue weighted by Crippen LogP contribution is 2.57. The molecule has 1 aromatic rings. The molecule has 4 aliphatic rings. The summed E-state index contributed by atoms with van der Waals surface area (Å²) in [6, 6.07) is 0. The predicted molar refractivity (Wildman–Crippen MR) is 80.1 cm³/mol. The van der Waals surface area contributed by atoms with Crippen LogP contribution in [0.5, 0.6) is 0 Å². The molecule has 0 spiro atoms. The zero-order valence-corrected chi connectivity index (χ0v) is 12.0. The van der Waals surface area contributed by atoms with Gasteiger partial charge in [0.2, 0.25) is 5.95 Å². The quantitative estimate of drug-likeness (QED) is 0.884. The van der Waals surface area contributed by atoms with Crippen molar-refractivity contribution in [2.75, 3.05) is 17.6 Å². The van der Waals surface area contributed by atoms with Gasteiger partial charge in [0.1, 0.15) is 0 Å². The third kappa shape index (κ3) is 2.25. The molecule has 4 nitrogen and oxygen atoms in total. The van der Waals surface area contributed by atoms with E-state index >= 15 is 0 Å². The lowest BCUT2D eigenvalue weighted by Gasteiger charge is -2.54. The Morgan fingerprint density at radius 2 is 1.60 bits per heavy atom. The van der Waals surface area contributed by atoms with Crippen molar-refractivity contribution in [1.82, 2.24) is 9.97 Å². The monoisotopic (exact) mass is 272 g/mol. The van der Waals surface area contributed by atoms with Crippen molar-refractivity contribution in [3.8, 4) is 0 Å². The van der Waals surface area contributed by atoms with Crippen LogP contribution in [0.1, 0.15) is 38.5 Å². The van der Waals surface area contributed by atoms with E-state index in [1.54, 1.807) is 12.4 Å². The molecule has 20 heavy (non-hydrogen) atoms. The summed E-state index contributed by atoms with van der Waals surface area (Å²) in [6.45, 7) is 0.997. The van der Waals surface area contributed by atoms with Crippen LogP contribution in [0.4, 0.5) is 11.6 Å². The summed E-state index contributed by atoms with van der Waals surface area (Å²) in [5, 5.41) is 3.35. The third-order valence-electron chi connectivity index (χ3n) is 5.85. The van der Waals surface area contributed by atoms with E-state index in [0.717, 1.165) is 36.1 Å². The zero-order valence-electron chi connectivity index (χ0n) is 12.0. The number of hydrogen-bond acceptors (Lipinski definition) is 4. The van der Waals surface area contributed by atoms with E-state index in [4.69, 9.17) is 5.73 Å². The Morgan fingerprint density at radius 1 is 1.00 bits per heavy atom. The molecule has 4 heteroatoms. The van der Waals surface area contributed by atoms with Crippen molar-refractivity contribution in [1.29, 1.82) is 0 Å². The normalized spacial score (nSPS) is 38.1. The third-order valence-corrected chi connectivity index (χ3v) is 5.85. The maximum absolute atomic E-state index is 5.60. The maximum atomic E-state index is 5.60. The Morgan fingerprint density at radius 3 is 2.20 bits per heavy atom. The molecule has 1 heterocycles. The summed E-state index contributed by atoms with van der Waals surface area (Å²) in [4.78, 5) is 8.41. The average molecular weight is 272 g/mol. The topological polar surface area (TPSA) is 63.8 Å².